The molecule has 2 rings (SSSR count). The maximum Gasteiger partial charge on any atom is 0.356 e. The van der Waals surface area contributed by atoms with Crippen LogP contribution in [0.4, 0.5) is 0 Å². The molecule has 0 amide bonds. The van der Waals surface area contributed by atoms with Crippen molar-refractivity contribution < 1.29 is 9.90 Å². The van der Waals surface area contributed by atoms with E-state index < -0.39 is 5.97 Å². The van der Waals surface area contributed by atoms with Crippen molar-refractivity contribution >= 4 is 5.97 Å². The Bertz CT molecular complexity index is 414. The van der Waals surface area contributed by atoms with E-state index in [9.17, 15) is 4.79 Å². The lowest BCUT2D eigenvalue weighted by atomic mass is 10.1. The third-order valence-electron chi connectivity index (χ3n) is 3.50. The molecule has 0 aliphatic carbocycles. The molecule has 1 atom stereocenters. The van der Waals surface area contributed by atoms with Gasteiger partial charge >= 0.3 is 5.97 Å². The Morgan fingerprint density at radius 2 is 2.41 bits per heavy atom. The fraction of sp³-hybridized carbons (Fsp3) is 0.667. The lowest BCUT2D eigenvalue weighted by molar-refractivity contribution is 0.0689. The second-order valence-corrected chi connectivity index (χ2v) is 4.57. The first-order valence-electron chi connectivity index (χ1n) is 6.14. The van der Waals surface area contributed by atoms with Crippen LogP contribution < -0.4 is 0 Å². The summed E-state index contributed by atoms with van der Waals surface area (Å²) in [6.45, 7) is 3.90. The Kier molecular flexibility index (Phi) is 3.47. The number of aromatic carboxylic acids is 1. The summed E-state index contributed by atoms with van der Waals surface area (Å²) < 4.78 is 1.87. The zero-order chi connectivity index (χ0) is 12.4. The third kappa shape index (κ3) is 2.34. The van der Waals surface area contributed by atoms with Crippen molar-refractivity contribution in [2.75, 3.05) is 13.6 Å². The van der Waals surface area contributed by atoms with Gasteiger partial charge in [-0.1, -0.05) is 6.92 Å². The first kappa shape index (κ1) is 12.1. The van der Waals surface area contributed by atoms with Crippen LogP contribution in [-0.4, -0.2) is 39.3 Å². The number of fused-ring (bicyclic) bond motifs is 1. The number of carboxylic acids is 1. The molecule has 0 saturated heterocycles. The SMILES string of the molecule is CCN(C)C1CCCCn2nc(C(=O)O)cc21. The van der Waals surface area contributed by atoms with Gasteiger partial charge in [0.2, 0.25) is 0 Å². The van der Waals surface area contributed by atoms with Crippen LogP contribution in [0.2, 0.25) is 0 Å². The van der Waals surface area contributed by atoms with E-state index in [1.165, 1.54) is 6.42 Å². The zero-order valence-electron chi connectivity index (χ0n) is 10.4. The quantitative estimate of drug-likeness (QED) is 0.870. The van der Waals surface area contributed by atoms with Gasteiger partial charge in [-0.3, -0.25) is 9.58 Å². The van der Waals surface area contributed by atoms with Gasteiger partial charge in [0.1, 0.15) is 0 Å². The molecule has 0 fully saturated rings. The maximum atomic E-state index is 11.0. The maximum absolute atomic E-state index is 11.0. The van der Waals surface area contributed by atoms with E-state index in [0.717, 1.165) is 31.6 Å². The molecule has 1 unspecified atom stereocenters. The summed E-state index contributed by atoms with van der Waals surface area (Å²) in [7, 11) is 2.08. The zero-order valence-corrected chi connectivity index (χ0v) is 10.4. The van der Waals surface area contributed by atoms with E-state index in [0.29, 0.717) is 6.04 Å². The molecule has 0 radical (unpaired) electrons. The van der Waals surface area contributed by atoms with Crippen LogP contribution in [0.3, 0.4) is 0 Å². The Morgan fingerprint density at radius 1 is 1.65 bits per heavy atom. The van der Waals surface area contributed by atoms with E-state index in [-0.39, 0.29) is 5.69 Å². The number of carboxylic acid groups (broad SMARTS) is 1. The molecule has 0 spiro atoms. The number of carbonyl (C=O) groups is 1. The number of hydrogen-bond donors (Lipinski definition) is 1. The molecule has 94 valence electrons. The van der Waals surface area contributed by atoms with Crippen molar-refractivity contribution in [3.05, 3.63) is 17.5 Å². The highest BCUT2D eigenvalue weighted by Crippen LogP contribution is 2.29. The van der Waals surface area contributed by atoms with Crippen molar-refractivity contribution in [2.24, 2.45) is 0 Å². The molecule has 1 aromatic heterocycles. The molecule has 1 aliphatic rings. The molecule has 2 heterocycles. The second-order valence-electron chi connectivity index (χ2n) is 4.57. The summed E-state index contributed by atoms with van der Waals surface area (Å²) in [5.41, 5.74) is 1.21. The molecule has 17 heavy (non-hydrogen) atoms. The number of aryl methyl sites for hydroxylation is 1. The van der Waals surface area contributed by atoms with Gasteiger partial charge in [0.05, 0.1) is 11.7 Å². The lowest BCUT2D eigenvalue weighted by Crippen LogP contribution is -2.25. The highest BCUT2D eigenvalue weighted by molar-refractivity contribution is 5.85. The topological polar surface area (TPSA) is 58.4 Å². The Morgan fingerprint density at radius 3 is 3.06 bits per heavy atom. The summed E-state index contributed by atoms with van der Waals surface area (Å²) >= 11 is 0. The normalized spacial score (nSPS) is 20.1. The van der Waals surface area contributed by atoms with Crippen LogP contribution in [-0.2, 0) is 6.54 Å². The molecule has 1 aromatic rings. The van der Waals surface area contributed by atoms with Crippen molar-refractivity contribution in [3.63, 3.8) is 0 Å². The first-order chi connectivity index (χ1) is 8.13. The van der Waals surface area contributed by atoms with Crippen LogP contribution in [0.5, 0.6) is 0 Å². The molecule has 0 saturated carbocycles. The van der Waals surface area contributed by atoms with Gasteiger partial charge in [-0.2, -0.15) is 5.10 Å². The fourth-order valence-electron chi connectivity index (χ4n) is 2.40. The number of rotatable bonds is 3. The summed E-state index contributed by atoms with van der Waals surface area (Å²) in [6.07, 6.45) is 3.32. The fourth-order valence-corrected chi connectivity index (χ4v) is 2.40. The first-order valence-corrected chi connectivity index (χ1v) is 6.14. The van der Waals surface area contributed by atoms with E-state index in [4.69, 9.17) is 5.11 Å². The Labute approximate surface area is 101 Å². The van der Waals surface area contributed by atoms with Gasteiger partial charge in [-0.05, 0) is 38.9 Å². The summed E-state index contributed by atoms with van der Waals surface area (Å²) in [5.74, 6) is -0.941. The molecule has 0 aromatic carbocycles. The monoisotopic (exact) mass is 237 g/mol. The van der Waals surface area contributed by atoms with Crippen molar-refractivity contribution in [2.45, 2.75) is 38.8 Å². The van der Waals surface area contributed by atoms with Crippen LogP contribution >= 0.6 is 0 Å². The predicted octanol–water partition coefficient (Wildman–Crippen LogP) is 1.76. The van der Waals surface area contributed by atoms with Gasteiger partial charge in [0, 0.05) is 6.54 Å². The van der Waals surface area contributed by atoms with Gasteiger partial charge in [0.25, 0.3) is 0 Å². The smallest absolute Gasteiger partial charge is 0.356 e. The van der Waals surface area contributed by atoms with Crippen molar-refractivity contribution in [1.82, 2.24) is 14.7 Å². The predicted molar refractivity (Wildman–Crippen MR) is 64.1 cm³/mol. The van der Waals surface area contributed by atoms with E-state index >= 15 is 0 Å². The Balaban J connectivity index is 2.36. The molecule has 0 bridgehead atoms. The Hall–Kier alpha value is -1.36. The van der Waals surface area contributed by atoms with E-state index in [2.05, 4.69) is 24.0 Å². The van der Waals surface area contributed by atoms with Crippen LogP contribution in [0.1, 0.15) is 48.4 Å². The molecule has 5 heteroatoms. The molecule has 1 N–H and O–H groups in total. The minimum Gasteiger partial charge on any atom is -0.476 e. The van der Waals surface area contributed by atoms with Gasteiger partial charge in [-0.15, -0.1) is 0 Å². The second kappa shape index (κ2) is 4.87. The third-order valence-corrected chi connectivity index (χ3v) is 3.50. The van der Waals surface area contributed by atoms with Crippen molar-refractivity contribution in [1.29, 1.82) is 0 Å². The average Bonchev–Trinajstić information content (AvgIpc) is 2.63. The summed E-state index contributed by atoms with van der Waals surface area (Å²) in [4.78, 5) is 13.2. The lowest BCUT2D eigenvalue weighted by Gasteiger charge is -2.25. The number of hydrogen-bond acceptors (Lipinski definition) is 3. The molecule has 5 nitrogen and oxygen atoms in total. The minimum absolute atomic E-state index is 0.163. The molecule has 1 aliphatic heterocycles. The van der Waals surface area contributed by atoms with Crippen LogP contribution in [0.25, 0.3) is 0 Å². The van der Waals surface area contributed by atoms with Crippen LogP contribution in [0.15, 0.2) is 6.07 Å². The molecular weight excluding hydrogens is 218 g/mol. The van der Waals surface area contributed by atoms with E-state index in [1.54, 1.807) is 6.07 Å². The van der Waals surface area contributed by atoms with Gasteiger partial charge in [-0.25, -0.2) is 4.79 Å². The van der Waals surface area contributed by atoms with Crippen molar-refractivity contribution in [3.8, 4) is 0 Å². The number of nitrogens with zero attached hydrogens (tertiary/aromatic N) is 3. The van der Waals surface area contributed by atoms with Crippen LogP contribution in [0, 0.1) is 0 Å². The number of aromatic nitrogens is 2. The van der Waals surface area contributed by atoms with Gasteiger partial charge in [0.15, 0.2) is 5.69 Å². The average molecular weight is 237 g/mol. The standard InChI is InChI=1S/C12H19N3O2/c1-3-14(2)10-6-4-5-7-15-11(10)8-9(13-15)12(16)17/h8,10H,3-7H2,1-2H3,(H,16,17). The minimum atomic E-state index is -0.941. The van der Waals surface area contributed by atoms with E-state index in [1.807, 2.05) is 4.68 Å². The highest BCUT2D eigenvalue weighted by Gasteiger charge is 2.25. The largest absolute Gasteiger partial charge is 0.476 e. The summed E-state index contributed by atoms with van der Waals surface area (Å²) in [5, 5.41) is 13.2. The van der Waals surface area contributed by atoms with Gasteiger partial charge < -0.3 is 5.11 Å². The molecular formula is C12H19N3O2. The summed E-state index contributed by atoms with van der Waals surface area (Å²) in [6, 6.07) is 2.02. The highest BCUT2D eigenvalue weighted by atomic mass is 16.4.